The molecule has 0 spiro atoms. The average molecular weight is 713 g/mol. The van der Waals surface area contributed by atoms with E-state index in [0.717, 1.165) is 0 Å². The van der Waals surface area contributed by atoms with E-state index in [1.807, 2.05) is 0 Å². The Morgan fingerprint density at radius 2 is 0.904 bits per heavy atom. The first-order valence-electron chi connectivity index (χ1n) is 17.4. The van der Waals surface area contributed by atoms with E-state index in [-0.39, 0.29) is 59.3 Å². The van der Waals surface area contributed by atoms with Crippen molar-refractivity contribution in [1.82, 2.24) is 9.80 Å². The van der Waals surface area contributed by atoms with Crippen LogP contribution in [-0.2, 0) is 19.1 Å². The SMILES string of the molecule is CC(C)(C)OC(=O)N1CCC[C@@H]1C(=O)C1C(=O)c2ccc(C(=O)c3ccc4c(c3)C(=O)C(C(=O)[C@H]3CCCN3C(=O)OC(C)(C)C)C4=O)cc2C1=O. The van der Waals surface area contributed by atoms with Gasteiger partial charge >= 0.3 is 12.2 Å². The highest BCUT2D eigenvalue weighted by Gasteiger charge is 2.51. The Morgan fingerprint density at radius 1 is 0.558 bits per heavy atom. The zero-order chi connectivity index (χ0) is 38.0. The van der Waals surface area contributed by atoms with E-state index < -0.39 is 87.8 Å². The molecule has 52 heavy (non-hydrogen) atoms. The molecule has 0 radical (unpaired) electrons. The maximum Gasteiger partial charge on any atom is 0.410 e. The number of ketones is 7. The summed E-state index contributed by atoms with van der Waals surface area (Å²) in [5.41, 5.74) is -1.91. The molecule has 13 nitrogen and oxygen atoms in total. The third-order valence-electron chi connectivity index (χ3n) is 9.66. The van der Waals surface area contributed by atoms with Crippen molar-refractivity contribution in [2.45, 2.75) is 90.5 Å². The molecule has 4 atom stereocenters. The van der Waals surface area contributed by atoms with Crippen LogP contribution in [0.25, 0.3) is 0 Å². The first kappa shape index (κ1) is 36.5. The molecule has 6 rings (SSSR count). The lowest BCUT2D eigenvalue weighted by molar-refractivity contribution is -0.125. The number of fused-ring (bicyclic) bond motifs is 2. The predicted octanol–water partition coefficient (Wildman–Crippen LogP) is 4.85. The van der Waals surface area contributed by atoms with Gasteiger partial charge in [0.2, 0.25) is 0 Å². The van der Waals surface area contributed by atoms with Crippen LogP contribution in [-0.4, -0.2) is 98.8 Å². The summed E-state index contributed by atoms with van der Waals surface area (Å²) in [6, 6.07) is 5.68. The molecule has 0 N–H and O–H groups in total. The number of amides is 2. The first-order valence-corrected chi connectivity index (χ1v) is 17.4. The summed E-state index contributed by atoms with van der Waals surface area (Å²) in [6.07, 6.45) is 0.0980. The van der Waals surface area contributed by atoms with Crippen molar-refractivity contribution in [2.24, 2.45) is 11.8 Å². The molecule has 2 aromatic carbocycles. The van der Waals surface area contributed by atoms with Crippen LogP contribution < -0.4 is 0 Å². The Hall–Kier alpha value is -5.33. The Kier molecular flexibility index (Phi) is 9.13. The number of hydrogen-bond acceptors (Lipinski definition) is 11. The second-order valence-corrected chi connectivity index (χ2v) is 15.6. The van der Waals surface area contributed by atoms with Crippen LogP contribution in [0.5, 0.6) is 0 Å². The number of rotatable bonds is 6. The number of benzene rings is 2. The number of carbonyl (C=O) groups is 9. The Labute approximate surface area is 300 Å². The summed E-state index contributed by atoms with van der Waals surface area (Å²) in [5, 5.41) is 0. The Balaban J connectivity index is 1.20. The highest BCUT2D eigenvalue weighted by atomic mass is 16.6. The number of hydrogen-bond donors (Lipinski definition) is 0. The Morgan fingerprint density at radius 3 is 1.25 bits per heavy atom. The zero-order valence-corrected chi connectivity index (χ0v) is 29.9. The van der Waals surface area contributed by atoms with Crippen LogP contribution >= 0.6 is 0 Å². The number of nitrogens with zero attached hydrogens (tertiary/aromatic N) is 2. The molecule has 2 amide bonds. The number of carbonyl (C=O) groups excluding carboxylic acids is 9. The van der Waals surface area contributed by atoms with Crippen LogP contribution in [0.1, 0.15) is 125 Å². The molecular weight excluding hydrogens is 672 g/mol. The van der Waals surface area contributed by atoms with Gasteiger partial charge in [0.25, 0.3) is 0 Å². The maximum absolute atomic E-state index is 13.7. The van der Waals surface area contributed by atoms with E-state index in [4.69, 9.17) is 9.47 Å². The van der Waals surface area contributed by atoms with E-state index in [0.29, 0.717) is 12.8 Å². The quantitative estimate of drug-likeness (QED) is 0.295. The van der Waals surface area contributed by atoms with Crippen molar-refractivity contribution in [2.75, 3.05) is 13.1 Å². The fourth-order valence-corrected chi connectivity index (χ4v) is 7.34. The summed E-state index contributed by atoms with van der Waals surface area (Å²) in [5.74, 6) is -8.38. The van der Waals surface area contributed by atoms with Gasteiger partial charge in [0.1, 0.15) is 23.0 Å². The third kappa shape index (κ3) is 6.48. The van der Waals surface area contributed by atoms with Crippen molar-refractivity contribution >= 4 is 52.7 Å². The van der Waals surface area contributed by atoms with E-state index in [1.165, 1.54) is 46.2 Å². The van der Waals surface area contributed by atoms with Gasteiger partial charge in [-0.25, -0.2) is 9.59 Å². The topological polar surface area (TPSA) is 179 Å². The second kappa shape index (κ2) is 13.0. The lowest BCUT2D eigenvalue weighted by atomic mass is 9.92. The molecule has 2 fully saturated rings. The van der Waals surface area contributed by atoms with Gasteiger partial charge in [0, 0.05) is 46.5 Å². The minimum atomic E-state index is -1.67. The lowest BCUT2D eigenvalue weighted by Crippen LogP contribution is -2.47. The molecule has 2 unspecified atom stereocenters. The number of ether oxygens (including phenoxy) is 2. The fraction of sp³-hybridized carbons (Fsp3) is 0.462. The van der Waals surface area contributed by atoms with Crippen molar-refractivity contribution in [3.8, 4) is 0 Å². The van der Waals surface area contributed by atoms with Gasteiger partial charge in [0.05, 0.1) is 12.1 Å². The van der Waals surface area contributed by atoms with E-state index >= 15 is 0 Å². The molecule has 272 valence electrons. The summed E-state index contributed by atoms with van der Waals surface area (Å²) >= 11 is 0. The van der Waals surface area contributed by atoms with E-state index in [9.17, 15) is 43.2 Å². The molecule has 0 aromatic heterocycles. The van der Waals surface area contributed by atoms with Crippen molar-refractivity contribution in [3.63, 3.8) is 0 Å². The summed E-state index contributed by atoms with van der Waals surface area (Å²) in [4.78, 5) is 123. The molecule has 2 saturated heterocycles. The standard InChI is InChI=1S/C39H40N2O11/c1-38(2,3)51-36(49)40-15-7-9-25(40)34(47)27-30(43)21-13-11-19(17-23(21)32(27)45)29(42)20-12-14-22-24(18-20)33(46)28(31(22)44)35(48)26-10-8-16-41(26)37(50)52-39(4,5)6/h11-14,17-18,25-28H,7-10,15-16H2,1-6H3/t25-,26-,27?,28?/m1/s1. The number of Topliss-reactive ketones (excluding diaryl/α,β-unsaturated/α-hetero) is 6. The third-order valence-corrected chi connectivity index (χ3v) is 9.66. The van der Waals surface area contributed by atoms with Crippen LogP contribution in [0.15, 0.2) is 36.4 Å². The van der Waals surface area contributed by atoms with Crippen LogP contribution in [0, 0.1) is 11.8 Å². The van der Waals surface area contributed by atoms with E-state index in [2.05, 4.69) is 0 Å². The molecule has 0 bridgehead atoms. The highest BCUT2D eigenvalue weighted by molar-refractivity contribution is 6.38. The molecule has 0 saturated carbocycles. The maximum atomic E-state index is 13.7. The summed E-state index contributed by atoms with van der Waals surface area (Å²) in [6.45, 7) is 10.6. The minimum absolute atomic E-state index is 0.00689. The first-order chi connectivity index (χ1) is 24.3. The summed E-state index contributed by atoms with van der Waals surface area (Å²) < 4.78 is 10.8. The van der Waals surface area contributed by atoms with Gasteiger partial charge in [-0.2, -0.15) is 0 Å². The molecular formula is C39H40N2O11. The van der Waals surface area contributed by atoms with Crippen molar-refractivity contribution in [3.05, 3.63) is 69.8 Å². The molecule has 2 heterocycles. The minimum Gasteiger partial charge on any atom is -0.444 e. The van der Waals surface area contributed by atoms with Crippen LogP contribution in [0.4, 0.5) is 9.59 Å². The molecule has 4 aliphatic rings. The van der Waals surface area contributed by atoms with E-state index in [1.54, 1.807) is 41.5 Å². The summed E-state index contributed by atoms with van der Waals surface area (Å²) in [7, 11) is 0. The van der Waals surface area contributed by atoms with Crippen LogP contribution in [0.2, 0.25) is 0 Å². The van der Waals surface area contributed by atoms with Gasteiger partial charge in [-0.1, -0.05) is 12.1 Å². The number of likely N-dealkylation sites (tertiary alicyclic amines) is 2. The second-order valence-electron chi connectivity index (χ2n) is 15.6. The van der Waals surface area contributed by atoms with Gasteiger partial charge in [-0.3, -0.25) is 43.4 Å². The van der Waals surface area contributed by atoms with Gasteiger partial charge in [0.15, 0.2) is 40.5 Å². The largest absolute Gasteiger partial charge is 0.444 e. The molecule has 13 heteroatoms. The molecule has 2 aliphatic heterocycles. The smallest absolute Gasteiger partial charge is 0.410 e. The monoisotopic (exact) mass is 712 g/mol. The highest BCUT2D eigenvalue weighted by Crippen LogP contribution is 2.35. The van der Waals surface area contributed by atoms with Crippen molar-refractivity contribution < 1.29 is 52.6 Å². The Bertz CT molecular complexity index is 1840. The fourth-order valence-electron chi connectivity index (χ4n) is 7.34. The van der Waals surface area contributed by atoms with Gasteiger partial charge in [-0.05, 0) is 91.5 Å². The van der Waals surface area contributed by atoms with Crippen molar-refractivity contribution in [1.29, 1.82) is 0 Å². The normalized spacial score (nSPS) is 22.8. The zero-order valence-electron chi connectivity index (χ0n) is 29.9. The molecule has 2 aliphatic carbocycles. The predicted molar refractivity (Wildman–Crippen MR) is 183 cm³/mol. The van der Waals surface area contributed by atoms with Gasteiger partial charge in [-0.15, -0.1) is 0 Å². The van der Waals surface area contributed by atoms with Gasteiger partial charge < -0.3 is 9.47 Å². The molecule has 2 aromatic rings. The van der Waals surface area contributed by atoms with Crippen LogP contribution in [0.3, 0.4) is 0 Å². The average Bonchev–Trinajstić information content (AvgIpc) is 3.84. The lowest BCUT2D eigenvalue weighted by Gasteiger charge is -2.28.